The van der Waals surface area contributed by atoms with Gasteiger partial charge in [0.05, 0.1) is 5.69 Å². The monoisotopic (exact) mass is 450 g/mol. The Labute approximate surface area is 199 Å². The quantitative estimate of drug-likeness (QED) is 0.290. The lowest BCUT2D eigenvalue weighted by Gasteiger charge is -2.13. The van der Waals surface area contributed by atoms with Crippen LogP contribution in [0, 0.1) is 0 Å². The van der Waals surface area contributed by atoms with Gasteiger partial charge in [0, 0.05) is 59.7 Å². The van der Waals surface area contributed by atoms with Crippen LogP contribution in [0.5, 0.6) is 0 Å². The topological polar surface area (TPSA) is 70.9 Å². The molecule has 1 unspecified atom stereocenters. The van der Waals surface area contributed by atoms with Crippen LogP contribution in [0.2, 0.25) is 0 Å². The maximum atomic E-state index is 5.03. The third-order valence-electron chi connectivity index (χ3n) is 7.10. The Morgan fingerprint density at radius 1 is 1.18 bits per heavy atom. The standard InChI is InChI=1S/C28H30N6/c1-3-18(2)26-16-32-28-27(30-11-10-20-15-31-24-7-5-4-6-23(20)24)33-25(17-34(26)28)22-12-21(13-29-14-22)19-8-9-19/h4-7,12-19,31H,3,8-11H2,1-2H3,(H,30,33). The van der Waals surface area contributed by atoms with Crippen molar-refractivity contribution in [1.29, 1.82) is 0 Å². The second-order valence-corrected chi connectivity index (χ2v) is 9.48. The maximum absolute atomic E-state index is 5.03. The van der Waals surface area contributed by atoms with E-state index in [4.69, 9.17) is 9.97 Å². The van der Waals surface area contributed by atoms with Crippen LogP contribution in [0.4, 0.5) is 5.82 Å². The van der Waals surface area contributed by atoms with Crippen molar-refractivity contribution in [3.63, 3.8) is 0 Å². The van der Waals surface area contributed by atoms with Gasteiger partial charge in [-0.1, -0.05) is 32.0 Å². The molecule has 1 aromatic carbocycles. The van der Waals surface area contributed by atoms with Crippen molar-refractivity contribution >= 4 is 22.4 Å². The second-order valence-electron chi connectivity index (χ2n) is 9.48. The summed E-state index contributed by atoms with van der Waals surface area (Å²) in [4.78, 5) is 17.7. The molecule has 0 radical (unpaired) electrons. The fourth-order valence-corrected chi connectivity index (χ4v) is 4.73. The summed E-state index contributed by atoms with van der Waals surface area (Å²) in [6.45, 7) is 5.25. The number of pyridine rings is 1. The molecule has 6 heteroatoms. The van der Waals surface area contributed by atoms with E-state index in [9.17, 15) is 0 Å². The summed E-state index contributed by atoms with van der Waals surface area (Å²) in [6.07, 6.45) is 14.7. The van der Waals surface area contributed by atoms with Crippen molar-refractivity contribution < 1.29 is 0 Å². The highest BCUT2D eigenvalue weighted by molar-refractivity contribution is 5.83. The van der Waals surface area contributed by atoms with E-state index in [1.165, 1.54) is 40.6 Å². The van der Waals surface area contributed by atoms with Crippen LogP contribution >= 0.6 is 0 Å². The molecule has 34 heavy (non-hydrogen) atoms. The number of nitrogens with one attached hydrogen (secondary N) is 2. The number of aromatic amines is 1. The molecule has 1 fully saturated rings. The van der Waals surface area contributed by atoms with Crippen LogP contribution in [-0.4, -0.2) is 30.9 Å². The molecule has 2 N–H and O–H groups in total. The number of H-pyrrole nitrogens is 1. The van der Waals surface area contributed by atoms with Crippen molar-refractivity contribution in [3.05, 3.63) is 78.1 Å². The van der Waals surface area contributed by atoms with Crippen LogP contribution in [0.15, 0.2) is 61.3 Å². The predicted molar refractivity (Wildman–Crippen MR) is 137 cm³/mol. The average molecular weight is 451 g/mol. The lowest BCUT2D eigenvalue weighted by Crippen LogP contribution is -2.09. The number of rotatable bonds is 8. The lowest BCUT2D eigenvalue weighted by molar-refractivity contribution is 0.700. The molecule has 172 valence electrons. The molecule has 0 saturated heterocycles. The van der Waals surface area contributed by atoms with Crippen molar-refractivity contribution in [2.24, 2.45) is 0 Å². The SMILES string of the molecule is CCC(C)c1cnc2c(NCCc3c[nH]c4ccccc34)nc(-c3cncc(C4CC4)c3)cn12. The molecular formula is C28H30N6. The minimum absolute atomic E-state index is 0.417. The largest absolute Gasteiger partial charge is 0.367 e. The number of anilines is 1. The summed E-state index contributed by atoms with van der Waals surface area (Å²) >= 11 is 0. The van der Waals surface area contributed by atoms with Crippen LogP contribution in [0.25, 0.3) is 27.8 Å². The Hall–Kier alpha value is -3.67. The molecule has 0 amide bonds. The van der Waals surface area contributed by atoms with Crippen LogP contribution in [0.1, 0.15) is 61.8 Å². The van der Waals surface area contributed by atoms with E-state index in [2.05, 4.69) is 76.3 Å². The lowest BCUT2D eigenvalue weighted by atomic mass is 10.1. The van der Waals surface area contributed by atoms with Gasteiger partial charge in [0.2, 0.25) is 0 Å². The van der Waals surface area contributed by atoms with Gasteiger partial charge in [0.15, 0.2) is 11.5 Å². The summed E-state index contributed by atoms with van der Waals surface area (Å²) in [5, 5.41) is 4.87. The van der Waals surface area contributed by atoms with Gasteiger partial charge in [-0.2, -0.15) is 0 Å². The van der Waals surface area contributed by atoms with Crippen molar-refractivity contribution in [2.45, 2.75) is 51.4 Å². The highest BCUT2D eigenvalue weighted by Crippen LogP contribution is 2.40. The summed E-state index contributed by atoms with van der Waals surface area (Å²) in [7, 11) is 0. The molecule has 0 aliphatic heterocycles. The first-order chi connectivity index (χ1) is 16.7. The fraction of sp³-hybridized carbons (Fsp3) is 0.321. The van der Waals surface area contributed by atoms with Gasteiger partial charge >= 0.3 is 0 Å². The predicted octanol–water partition coefficient (Wildman–Crippen LogP) is 6.32. The van der Waals surface area contributed by atoms with E-state index in [-0.39, 0.29) is 0 Å². The third-order valence-corrected chi connectivity index (χ3v) is 7.10. The van der Waals surface area contributed by atoms with E-state index in [1.54, 1.807) is 0 Å². The number of para-hydroxylation sites is 1. The van der Waals surface area contributed by atoms with Crippen LogP contribution < -0.4 is 5.32 Å². The summed E-state index contributed by atoms with van der Waals surface area (Å²) in [5.41, 5.74) is 7.89. The number of aromatic nitrogens is 5. The average Bonchev–Trinajstić information content (AvgIpc) is 3.52. The Morgan fingerprint density at radius 2 is 2.06 bits per heavy atom. The first-order valence-corrected chi connectivity index (χ1v) is 12.3. The van der Waals surface area contributed by atoms with E-state index in [0.29, 0.717) is 11.8 Å². The molecular weight excluding hydrogens is 420 g/mol. The Bertz CT molecular complexity index is 1460. The van der Waals surface area contributed by atoms with Gasteiger partial charge in [-0.3, -0.25) is 9.38 Å². The molecule has 1 aliphatic carbocycles. The smallest absolute Gasteiger partial charge is 0.180 e. The molecule has 5 aromatic rings. The number of hydrogen-bond acceptors (Lipinski definition) is 4. The van der Waals surface area contributed by atoms with Crippen molar-refractivity contribution in [1.82, 2.24) is 24.3 Å². The summed E-state index contributed by atoms with van der Waals surface area (Å²) < 4.78 is 2.22. The van der Waals surface area contributed by atoms with Crippen molar-refractivity contribution in [3.8, 4) is 11.3 Å². The minimum atomic E-state index is 0.417. The Balaban J connectivity index is 1.35. The summed E-state index contributed by atoms with van der Waals surface area (Å²) in [6, 6.07) is 10.7. The molecule has 4 heterocycles. The number of fused-ring (bicyclic) bond motifs is 2. The van der Waals surface area contributed by atoms with Gasteiger partial charge in [0.25, 0.3) is 0 Å². The number of nitrogens with zero attached hydrogens (tertiary/aromatic N) is 4. The number of benzene rings is 1. The number of hydrogen-bond donors (Lipinski definition) is 2. The zero-order valence-corrected chi connectivity index (χ0v) is 19.8. The molecule has 4 aromatic heterocycles. The molecule has 6 nitrogen and oxygen atoms in total. The van der Waals surface area contributed by atoms with E-state index < -0.39 is 0 Å². The molecule has 0 bridgehead atoms. The van der Waals surface area contributed by atoms with Gasteiger partial charge in [-0.25, -0.2) is 9.97 Å². The van der Waals surface area contributed by atoms with Crippen LogP contribution in [0.3, 0.4) is 0 Å². The summed E-state index contributed by atoms with van der Waals surface area (Å²) in [5.74, 6) is 1.90. The van der Waals surface area contributed by atoms with Gasteiger partial charge in [-0.05, 0) is 60.8 Å². The molecule has 6 rings (SSSR count). The Kier molecular flexibility index (Phi) is 5.28. The zero-order chi connectivity index (χ0) is 23.1. The first kappa shape index (κ1) is 20.9. The third kappa shape index (κ3) is 3.83. The van der Waals surface area contributed by atoms with Gasteiger partial charge in [0.1, 0.15) is 0 Å². The molecule has 1 atom stereocenters. The van der Waals surface area contributed by atoms with E-state index in [1.807, 2.05) is 18.6 Å². The highest BCUT2D eigenvalue weighted by atomic mass is 15.1. The number of imidazole rings is 1. The first-order valence-electron chi connectivity index (χ1n) is 12.3. The fourth-order valence-electron chi connectivity index (χ4n) is 4.73. The zero-order valence-electron chi connectivity index (χ0n) is 19.8. The van der Waals surface area contributed by atoms with Crippen LogP contribution in [-0.2, 0) is 6.42 Å². The van der Waals surface area contributed by atoms with E-state index >= 15 is 0 Å². The molecule has 0 spiro atoms. The van der Waals surface area contributed by atoms with E-state index in [0.717, 1.165) is 42.1 Å². The molecule has 1 aliphatic rings. The maximum Gasteiger partial charge on any atom is 0.180 e. The molecule has 1 saturated carbocycles. The van der Waals surface area contributed by atoms with Gasteiger partial charge in [-0.15, -0.1) is 0 Å². The Morgan fingerprint density at radius 3 is 2.91 bits per heavy atom. The second kappa shape index (κ2) is 8.60. The van der Waals surface area contributed by atoms with Gasteiger partial charge < -0.3 is 10.3 Å². The highest BCUT2D eigenvalue weighted by Gasteiger charge is 2.24. The van der Waals surface area contributed by atoms with Crippen molar-refractivity contribution in [2.75, 3.05) is 11.9 Å². The normalized spacial score (nSPS) is 14.6. The minimum Gasteiger partial charge on any atom is -0.367 e.